The van der Waals surface area contributed by atoms with Crippen LogP contribution in [0.15, 0.2) is 0 Å². The van der Waals surface area contributed by atoms with E-state index in [0.717, 1.165) is 13.8 Å². The second kappa shape index (κ2) is 9.00. The van der Waals surface area contributed by atoms with Gasteiger partial charge in [0.25, 0.3) is 0 Å². The Balaban J connectivity index is 5.29. The van der Waals surface area contributed by atoms with Crippen molar-refractivity contribution in [3.63, 3.8) is 0 Å². The fourth-order valence-corrected chi connectivity index (χ4v) is 1.51. The maximum Gasteiger partial charge on any atom is 0.352 e. The third-order valence-corrected chi connectivity index (χ3v) is 2.37. The summed E-state index contributed by atoms with van der Waals surface area (Å²) in [7, 11) is 0. The largest absolute Gasteiger partial charge is 0.478 e. The van der Waals surface area contributed by atoms with Crippen molar-refractivity contribution in [1.82, 2.24) is 0 Å². The van der Waals surface area contributed by atoms with Gasteiger partial charge in [0.1, 0.15) is 5.60 Å². The van der Waals surface area contributed by atoms with Crippen LogP contribution in [0.2, 0.25) is 0 Å². The Hall–Kier alpha value is -2.65. The summed E-state index contributed by atoms with van der Waals surface area (Å²) in [6, 6.07) is 0. The van der Waals surface area contributed by atoms with Gasteiger partial charge in [0.15, 0.2) is 6.10 Å². The molecule has 142 valence electrons. The molecule has 1 N–H and O–H groups in total. The first kappa shape index (κ1) is 22.4. The highest BCUT2D eigenvalue weighted by Gasteiger charge is 2.42. The van der Waals surface area contributed by atoms with E-state index in [1.54, 1.807) is 20.8 Å². The zero-order chi connectivity index (χ0) is 19.9. The number of ether oxygens (including phenoxy) is 4. The third kappa shape index (κ3) is 8.68. The lowest BCUT2D eigenvalue weighted by Crippen LogP contribution is -2.47. The SMILES string of the molecule is CC(=O)OC(C(=O)O)C(OC(C)=O)C(=O)OC(C)C(=O)OC(C)(C)C. The fraction of sp³-hybridized carbons (Fsp3) is 0.667. The standard InChI is InChI=1S/C15H22O10/c1-7(13(20)25-15(4,5)6)22-14(21)11(24-9(3)17)10(12(18)19)23-8(2)16/h7,10-11H,1-6H3,(H,18,19). The molecular formula is C15H22O10. The summed E-state index contributed by atoms with van der Waals surface area (Å²) in [5.74, 6) is -6.02. The van der Waals surface area contributed by atoms with Gasteiger partial charge in [0.05, 0.1) is 0 Å². The molecule has 25 heavy (non-hydrogen) atoms. The van der Waals surface area contributed by atoms with Crippen LogP contribution in [0.1, 0.15) is 41.5 Å². The summed E-state index contributed by atoms with van der Waals surface area (Å²) in [6.45, 7) is 7.82. The molecule has 10 heteroatoms. The van der Waals surface area contributed by atoms with Crippen molar-refractivity contribution < 1.29 is 48.0 Å². The Bertz CT molecular complexity index is 545. The van der Waals surface area contributed by atoms with Crippen LogP contribution in [-0.2, 0) is 42.9 Å². The molecule has 0 amide bonds. The van der Waals surface area contributed by atoms with E-state index in [1.807, 2.05) is 0 Å². The second-order valence-electron chi connectivity index (χ2n) is 6.01. The molecule has 0 aliphatic carbocycles. The Labute approximate surface area is 144 Å². The summed E-state index contributed by atoms with van der Waals surface area (Å²) >= 11 is 0. The average Bonchev–Trinajstić information content (AvgIpc) is 2.39. The van der Waals surface area contributed by atoms with Crippen molar-refractivity contribution in [3.8, 4) is 0 Å². The maximum atomic E-state index is 12.1. The normalized spacial score (nSPS) is 14.5. The average molecular weight is 362 g/mol. The van der Waals surface area contributed by atoms with Crippen molar-refractivity contribution in [2.45, 2.75) is 65.5 Å². The molecule has 0 heterocycles. The second-order valence-corrected chi connectivity index (χ2v) is 6.01. The van der Waals surface area contributed by atoms with Crippen LogP contribution in [0.25, 0.3) is 0 Å². The molecule has 0 aliphatic heterocycles. The monoisotopic (exact) mass is 362 g/mol. The molecule has 0 bridgehead atoms. The zero-order valence-electron chi connectivity index (χ0n) is 14.9. The van der Waals surface area contributed by atoms with Gasteiger partial charge in [0.2, 0.25) is 12.2 Å². The lowest BCUT2D eigenvalue weighted by atomic mass is 10.2. The molecule has 0 aromatic rings. The summed E-state index contributed by atoms with van der Waals surface area (Å²) < 4.78 is 18.9. The van der Waals surface area contributed by atoms with Crippen molar-refractivity contribution in [2.24, 2.45) is 0 Å². The third-order valence-electron chi connectivity index (χ3n) is 2.37. The molecule has 10 nitrogen and oxygen atoms in total. The van der Waals surface area contributed by atoms with Crippen LogP contribution < -0.4 is 0 Å². The molecule has 0 spiro atoms. The minimum absolute atomic E-state index is 0.839. The Morgan fingerprint density at radius 1 is 0.800 bits per heavy atom. The van der Waals surface area contributed by atoms with Crippen molar-refractivity contribution in [2.75, 3.05) is 0 Å². The van der Waals surface area contributed by atoms with E-state index in [2.05, 4.69) is 9.47 Å². The molecular weight excluding hydrogens is 340 g/mol. The summed E-state index contributed by atoms with van der Waals surface area (Å²) in [5.41, 5.74) is -0.839. The van der Waals surface area contributed by atoms with E-state index in [-0.39, 0.29) is 0 Å². The Kier molecular flexibility index (Phi) is 8.04. The molecule has 0 aliphatic rings. The van der Waals surface area contributed by atoms with Gasteiger partial charge in [-0.1, -0.05) is 0 Å². The molecule has 0 saturated heterocycles. The van der Waals surface area contributed by atoms with Crippen LogP contribution >= 0.6 is 0 Å². The zero-order valence-corrected chi connectivity index (χ0v) is 14.9. The van der Waals surface area contributed by atoms with E-state index in [4.69, 9.17) is 14.6 Å². The minimum Gasteiger partial charge on any atom is -0.478 e. The number of rotatable bonds is 7. The highest BCUT2D eigenvalue weighted by Crippen LogP contribution is 2.13. The van der Waals surface area contributed by atoms with E-state index >= 15 is 0 Å². The highest BCUT2D eigenvalue weighted by molar-refractivity contribution is 5.89. The lowest BCUT2D eigenvalue weighted by Gasteiger charge is -2.25. The number of carbonyl (C=O) groups excluding carboxylic acids is 4. The van der Waals surface area contributed by atoms with Gasteiger partial charge in [0, 0.05) is 13.8 Å². The molecule has 0 radical (unpaired) electrons. The Morgan fingerprint density at radius 2 is 1.24 bits per heavy atom. The van der Waals surface area contributed by atoms with Crippen molar-refractivity contribution in [1.29, 1.82) is 0 Å². The molecule has 0 aromatic carbocycles. The van der Waals surface area contributed by atoms with E-state index in [0.29, 0.717) is 0 Å². The van der Waals surface area contributed by atoms with E-state index in [9.17, 15) is 24.0 Å². The number of carboxylic acids is 1. The van der Waals surface area contributed by atoms with Crippen LogP contribution in [0.4, 0.5) is 0 Å². The topological polar surface area (TPSA) is 142 Å². The summed E-state index contributed by atoms with van der Waals surface area (Å²) in [6.07, 6.45) is -5.61. The van der Waals surface area contributed by atoms with Crippen LogP contribution in [0.3, 0.4) is 0 Å². The van der Waals surface area contributed by atoms with Gasteiger partial charge in [-0.3, -0.25) is 9.59 Å². The number of carboxylic acid groups (broad SMARTS) is 1. The van der Waals surface area contributed by atoms with Gasteiger partial charge >= 0.3 is 29.8 Å². The molecule has 0 aromatic heterocycles. The molecule has 3 unspecified atom stereocenters. The Morgan fingerprint density at radius 3 is 1.60 bits per heavy atom. The van der Waals surface area contributed by atoms with Gasteiger partial charge < -0.3 is 24.1 Å². The van der Waals surface area contributed by atoms with Crippen LogP contribution in [0, 0.1) is 0 Å². The maximum absolute atomic E-state index is 12.1. The van der Waals surface area contributed by atoms with Gasteiger partial charge in [-0.15, -0.1) is 0 Å². The smallest absolute Gasteiger partial charge is 0.352 e. The minimum atomic E-state index is -2.13. The predicted octanol–water partition coefficient (Wildman–Crippen LogP) is 0.208. The number of carbonyl (C=O) groups is 5. The van der Waals surface area contributed by atoms with E-state index < -0.39 is 53.8 Å². The van der Waals surface area contributed by atoms with Crippen LogP contribution in [0.5, 0.6) is 0 Å². The van der Waals surface area contributed by atoms with E-state index in [1.165, 1.54) is 6.92 Å². The first-order chi connectivity index (χ1) is 11.2. The fourth-order valence-electron chi connectivity index (χ4n) is 1.51. The molecule has 3 atom stereocenters. The van der Waals surface area contributed by atoms with Gasteiger partial charge in [-0.05, 0) is 27.7 Å². The number of hydrogen-bond acceptors (Lipinski definition) is 9. The quantitative estimate of drug-likeness (QED) is 0.493. The van der Waals surface area contributed by atoms with Crippen molar-refractivity contribution >= 4 is 29.8 Å². The molecule has 0 rings (SSSR count). The molecule has 0 fully saturated rings. The first-order valence-corrected chi connectivity index (χ1v) is 7.25. The van der Waals surface area contributed by atoms with Crippen LogP contribution in [-0.4, -0.2) is 58.9 Å². The number of hydrogen-bond donors (Lipinski definition) is 1. The number of esters is 4. The highest BCUT2D eigenvalue weighted by atomic mass is 16.6. The number of aliphatic carboxylic acids is 1. The first-order valence-electron chi connectivity index (χ1n) is 7.25. The molecule has 0 saturated carbocycles. The summed E-state index contributed by atoms with van der Waals surface area (Å²) in [4.78, 5) is 57.3. The summed E-state index contributed by atoms with van der Waals surface area (Å²) in [5, 5.41) is 9.08. The predicted molar refractivity (Wildman–Crippen MR) is 80.1 cm³/mol. The van der Waals surface area contributed by atoms with Gasteiger partial charge in [-0.2, -0.15) is 0 Å². The lowest BCUT2D eigenvalue weighted by molar-refractivity contribution is -0.194. The van der Waals surface area contributed by atoms with Gasteiger partial charge in [-0.25, -0.2) is 14.4 Å². The van der Waals surface area contributed by atoms with Crippen molar-refractivity contribution in [3.05, 3.63) is 0 Å².